The van der Waals surface area contributed by atoms with Crippen LogP contribution in [-0.4, -0.2) is 48.6 Å². The summed E-state index contributed by atoms with van der Waals surface area (Å²) in [6.45, 7) is 1.41. The largest absolute Gasteiger partial charge is 0.391 e. The lowest BCUT2D eigenvalue weighted by Gasteiger charge is -2.34. The predicted octanol–water partition coefficient (Wildman–Crippen LogP) is 1.42. The number of alkyl halides is 3. The Morgan fingerprint density at radius 1 is 1.17 bits per heavy atom. The molecule has 0 spiro atoms. The summed E-state index contributed by atoms with van der Waals surface area (Å²) < 4.78 is 38.5. The van der Waals surface area contributed by atoms with Crippen molar-refractivity contribution in [1.82, 2.24) is 10.2 Å². The molecular formula is C15H24F3N3O2. The SMILES string of the molecule is NC(=O)CN1CCC[C@H](NC(=O)[C@H]2CCC[C@@H](C(F)(F)F)C2)C1. The third-order valence-corrected chi connectivity index (χ3v) is 4.74. The maximum atomic E-state index is 12.8. The molecule has 1 aliphatic heterocycles. The predicted molar refractivity (Wildman–Crippen MR) is 78.3 cm³/mol. The first kappa shape index (κ1) is 18.0. The van der Waals surface area contributed by atoms with Gasteiger partial charge in [-0.05, 0) is 38.6 Å². The van der Waals surface area contributed by atoms with Gasteiger partial charge in [0.15, 0.2) is 0 Å². The van der Waals surface area contributed by atoms with E-state index in [9.17, 15) is 22.8 Å². The van der Waals surface area contributed by atoms with Gasteiger partial charge >= 0.3 is 6.18 Å². The van der Waals surface area contributed by atoms with Crippen LogP contribution in [0.25, 0.3) is 0 Å². The van der Waals surface area contributed by atoms with Crippen LogP contribution in [0.1, 0.15) is 38.5 Å². The third kappa shape index (κ3) is 5.37. The Hall–Kier alpha value is -1.31. The maximum absolute atomic E-state index is 12.8. The Morgan fingerprint density at radius 3 is 2.57 bits per heavy atom. The summed E-state index contributed by atoms with van der Waals surface area (Å²) in [5.41, 5.74) is 5.17. The van der Waals surface area contributed by atoms with E-state index in [4.69, 9.17) is 5.73 Å². The van der Waals surface area contributed by atoms with Crippen molar-refractivity contribution in [3.05, 3.63) is 0 Å². The van der Waals surface area contributed by atoms with Crippen LogP contribution in [0.3, 0.4) is 0 Å². The zero-order valence-electron chi connectivity index (χ0n) is 13.1. The van der Waals surface area contributed by atoms with Crippen LogP contribution >= 0.6 is 0 Å². The fraction of sp³-hybridized carbons (Fsp3) is 0.867. The molecule has 0 radical (unpaired) electrons. The van der Waals surface area contributed by atoms with E-state index in [1.807, 2.05) is 4.90 Å². The average molecular weight is 335 g/mol. The molecule has 2 fully saturated rings. The molecule has 2 aliphatic rings. The molecule has 0 aromatic carbocycles. The van der Waals surface area contributed by atoms with Gasteiger partial charge in [0.05, 0.1) is 12.5 Å². The highest BCUT2D eigenvalue weighted by Crippen LogP contribution is 2.40. The number of nitrogens with zero attached hydrogens (tertiary/aromatic N) is 1. The maximum Gasteiger partial charge on any atom is 0.391 e. The number of carbonyl (C=O) groups excluding carboxylic acids is 2. The first-order chi connectivity index (χ1) is 10.8. The number of likely N-dealkylation sites (tertiary alicyclic amines) is 1. The zero-order chi connectivity index (χ0) is 17.0. The Morgan fingerprint density at radius 2 is 1.91 bits per heavy atom. The van der Waals surface area contributed by atoms with Gasteiger partial charge in [-0.25, -0.2) is 0 Å². The molecule has 3 N–H and O–H groups in total. The molecule has 0 bridgehead atoms. The first-order valence-electron chi connectivity index (χ1n) is 8.13. The van der Waals surface area contributed by atoms with Crippen LogP contribution < -0.4 is 11.1 Å². The Balaban J connectivity index is 1.85. The number of amides is 2. The molecule has 3 atom stereocenters. The van der Waals surface area contributed by atoms with E-state index < -0.39 is 23.9 Å². The summed E-state index contributed by atoms with van der Waals surface area (Å²) in [7, 11) is 0. The van der Waals surface area contributed by atoms with Gasteiger partial charge in [-0.2, -0.15) is 13.2 Å². The van der Waals surface area contributed by atoms with Crippen molar-refractivity contribution >= 4 is 11.8 Å². The van der Waals surface area contributed by atoms with E-state index in [-0.39, 0.29) is 31.3 Å². The summed E-state index contributed by atoms with van der Waals surface area (Å²) in [4.78, 5) is 25.1. The highest BCUT2D eigenvalue weighted by atomic mass is 19.4. The second-order valence-corrected chi connectivity index (χ2v) is 6.65. The molecule has 0 aromatic heterocycles. The lowest BCUT2D eigenvalue weighted by molar-refractivity contribution is -0.186. The van der Waals surface area contributed by atoms with E-state index in [0.29, 0.717) is 19.4 Å². The van der Waals surface area contributed by atoms with Gasteiger partial charge in [-0.3, -0.25) is 14.5 Å². The first-order valence-corrected chi connectivity index (χ1v) is 8.13. The molecule has 5 nitrogen and oxygen atoms in total. The van der Waals surface area contributed by atoms with Gasteiger partial charge in [0.25, 0.3) is 0 Å². The second-order valence-electron chi connectivity index (χ2n) is 6.65. The fourth-order valence-electron chi connectivity index (χ4n) is 3.58. The lowest BCUT2D eigenvalue weighted by Crippen LogP contribution is -2.51. The van der Waals surface area contributed by atoms with Crippen molar-refractivity contribution < 1.29 is 22.8 Å². The molecular weight excluding hydrogens is 311 g/mol. The van der Waals surface area contributed by atoms with Gasteiger partial charge in [0, 0.05) is 18.5 Å². The number of rotatable bonds is 4. The molecule has 1 saturated carbocycles. The highest BCUT2D eigenvalue weighted by Gasteiger charge is 2.43. The van der Waals surface area contributed by atoms with Crippen molar-refractivity contribution in [2.75, 3.05) is 19.6 Å². The Bertz CT molecular complexity index is 442. The molecule has 2 amide bonds. The van der Waals surface area contributed by atoms with Crippen LogP contribution in [0.4, 0.5) is 13.2 Å². The van der Waals surface area contributed by atoms with Crippen LogP contribution in [0.2, 0.25) is 0 Å². The number of piperidine rings is 1. The summed E-state index contributed by atoms with van der Waals surface area (Å²) in [6, 6.07) is -0.123. The quantitative estimate of drug-likeness (QED) is 0.816. The molecule has 2 rings (SSSR count). The Labute approximate surface area is 133 Å². The van der Waals surface area contributed by atoms with Gasteiger partial charge in [0.2, 0.25) is 11.8 Å². The van der Waals surface area contributed by atoms with Gasteiger partial charge < -0.3 is 11.1 Å². The molecule has 8 heteroatoms. The number of primary amides is 1. The third-order valence-electron chi connectivity index (χ3n) is 4.74. The van der Waals surface area contributed by atoms with Gasteiger partial charge in [-0.1, -0.05) is 6.42 Å². The van der Waals surface area contributed by atoms with Crippen molar-refractivity contribution in [3.8, 4) is 0 Å². The molecule has 1 saturated heterocycles. The van der Waals surface area contributed by atoms with E-state index >= 15 is 0 Å². The second kappa shape index (κ2) is 7.51. The molecule has 23 heavy (non-hydrogen) atoms. The molecule has 0 aromatic rings. The minimum absolute atomic E-state index is 0.114. The topological polar surface area (TPSA) is 75.4 Å². The molecule has 1 heterocycles. The van der Waals surface area contributed by atoms with E-state index in [1.165, 1.54) is 0 Å². The summed E-state index contributed by atoms with van der Waals surface area (Å²) in [5, 5.41) is 2.86. The van der Waals surface area contributed by atoms with Crippen molar-refractivity contribution in [2.45, 2.75) is 50.7 Å². The number of hydrogen-bond donors (Lipinski definition) is 2. The van der Waals surface area contributed by atoms with E-state index in [1.54, 1.807) is 0 Å². The summed E-state index contributed by atoms with van der Waals surface area (Å²) in [5.74, 6) is -2.64. The molecule has 0 unspecified atom stereocenters. The van der Waals surface area contributed by atoms with Crippen molar-refractivity contribution in [1.29, 1.82) is 0 Å². The summed E-state index contributed by atoms with van der Waals surface area (Å²) >= 11 is 0. The van der Waals surface area contributed by atoms with Crippen LogP contribution in [0.5, 0.6) is 0 Å². The number of nitrogens with two attached hydrogens (primary N) is 1. The van der Waals surface area contributed by atoms with Crippen molar-refractivity contribution in [3.63, 3.8) is 0 Å². The zero-order valence-corrected chi connectivity index (χ0v) is 13.1. The van der Waals surface area contributed by atoms with Crippen LogP contribution in [-0.2, 0) is 9.59 Å². The monoisotopic (exact) mass is 335 g/mol. The Kier molecular flexibility index (Phi) is 5.89. The molecule has 1 aliphatic carbocycles. The number of carbonyl (C=O) groups is 2. The number of nitrogens with one attached hydrogen (secondary N) is 1. The summed E-state index contributed by atoms with van der Waals surface area (Å²) in [6.07, 6.45) is -1.68. The highest BCUT2D eigenvalue weighted by molar-refractivity contribution is 5.79. The smallest absolute Gasteiger partial charge is 0.369 e. The standard InChI is InChI=1S/C15H24F3N3O2/c16-15(17,18)11-4-1-3-10(7-11)14(23)20-12-5-2-6-21(8-12)9-13(19)22/h10-12H,1-9H2,(H2,19,22)(H,20,23)/t10-,11+,12-/m0/s1. The van der Waals surface area contributed by atoms with Crippen molar-refractivity contribution in [2.24, 2.45) is 17.6 Å². The lowest BCUT2D eigenvalue weighted by atomic mass is 9.80. The fourth-order valence-corrected chi connectivity index (χ4v) is 3.58. The van der Waals surface area contributed by atoms with E-state index in [0.717, 1.165) is 19.4 Å². The van der Waals surface area contributed by atoms with E-state index in [2.05, 4.69) is 5.32 Å². The number of halogens is 3. The molecule has 132 valence electrons. The number of hydrogen-bond acceptors (Lipinski definition) is 3. The minimum atomic E-state index is -4.22. The van der Waals surface area contributed by atoms with Gasteiger partial charge in [-0.15, -0.1) is 0 Å². The normalized spacial score (nSPS) is 30.0. The minimum Gasteiger partial charge on any atom is -0.369 e. The van der Waals surface area contributed by atoms with Crippen LogP contribution in [0.15, 0.2) is 0 Å². The van der Waals surface area contributed by atoms with Crippen LogP contribution in [0, 0.1) is 11.8 Å². The van der Waals surface area contributed by atoms with Gasteiger partial charge in [0.1, 0.15) is 0 Å². The average Bonchev–Trinajstić information content (AvgIpc) is 2.46.